The number of rotatable bonds is 3. The normalized spacial score (nSPS) is 19.3. The molecule has 1 aliphatic rings. The molecule has 0 saturated carbocycles. The largest absolute Gasteiger partial charge is 0.293 e. The molecule has 19 heavy (non-hydrogen) atoms. The van der Waals surface area contributed by atoms with Crippen molar-refractivity contribution in [1.82, 2.24) is 4.90 Å². The average Bonchev–Trinajstić information content (AvgIpc) is 2.64. The quantitative estimate of drug-likeness (QED) is 0.785. The van der Waals surface area contributed by atoms with Gasteiger partial charge in [0.1, 0.15) is 0 Å². The topological polar surface area (TPSA) is 37.4 Å². The zero-order valence-corrected chi connectivity index (χ0v) is 12.3. The fourth-order valence-corrected chi connectivity index (χ4v) is 2.92. The van der Waals surface area contributed by atoms with Crippen molar-refractivity contribution in [3.8, 4) is 0 Å². The van der Waals surface area contributed by atoms with Gasteiger partial charge in [0.05, 0.1) is 4.91 Å². The minimum Gasteiger partial charge on any atom is -0.268 e. The minimum atomic E-state index is -0.218. The number of halogens is 1. The molecule has 1 atom stereocenters. The molecule has 0 aromatic heterocycles. The van der Waals surface area contributed by atoms with E-state index in [1.54, 1.807) is 18.2 Å². The van der Waals surface area contributed by atoms with Crippen LogP contribution in [0.3, 0.4) is 0 Å². The summed E-state index contributed by atoms with van der Waals surface area (Å²) in [5, 5.41) is 0.405. The second-order valence-electron chi connectivity index (χ2n) is 4.36. The van der Waals surface area contributed by atoms with Gasteiger partial charge in [0.15, 0.2) is 0 Å². The van der Waals surface area contributed by atoms with Crippen molar-refractivity contribution in [3.63, 3.8) is 0 Å². The first kappa shape index (κ1) is 14.2. The van der Waals surface area contributed by atoms with Crippen molar-refractivity contribution in [1.29, 1.82) is 0 Å². The highest BCUT2D eigenvalue weighted by Gasteiger charge is 2.37. The lowest BCUT2D eigenvalue weighted by molar-refractivity contribution is -0.124. The van der Waals surface area contributed by atoms with Gasteiger partial charge < -0.3 is 0 Å². The third-order valence-corrected chi connectivity index (χ3v) is 4.12. The Hall–Kier alpha value is -1.26. The molecule has 1 heterocycles. The number of carbonyl (C=O) groups excluding carboxylic acids is 2. The Morgan fingerprint density at radius 2 is 2.16 bits per heavy atom. The molecule has 0 aliphatic carbocycles. The van der Waals surface area contributed by atoms with E-state index in [4.69, 9.17) is 11.6 Å². The fraction of sp³-hybridized carbons (Fsp3) is 0.286. The summed E-state index contributed by atoms with van der Waals surface area (Å²) < 4.78 is 0. The molecule has 0 radical (unpaired) electrons. The zero-order valence-electron chi connectivity index (χ0n) is 10.7. The van der Waals surface area contributed by atoms with E-state index >= 15 is 0 Å². The van der Waals surface area contributed by atoms with Crippen molar-refractivity contribution >= 4 is 40.6 Å². The smallest absolute Gasteiger partial charge is 0.268 e. The molecular weight excluding hydrogens is 282 g/mol. The van der Waals surface area contributed by atoms with Crippen LogP contribution in [0.15, 0.2) is 29.2 Å². The lowest BCUT2D eigenvalue weighted by atomic mass is 10.2. The number of nitrogens with zero attached hydrogens (tertiary/aromatic N) is 1. The number of amides is 2. The summed E-state index contributed by atoms with van der Waals surface area (Å²) in [6, 6.07) is 7.12. The van der Waals surface area contributed by atoms with E-state index in [0.717, 1.165) is 23.7 Å². The van der Waals surface area contributed by atoms with Gasteiger partial charge in [-0.3, -0.25) is 14.5 Å². The van der Waals surface area contributed by atoms with Crippen molar-refractivity contribution in [2.45, 2.75) is 26.3 Å². The van der Waals surface area contributed by atoms with Gasteiger partial charge in [0.25, 0.3) is 11.1 Å². The first-order valence-corrected chi connectivity index (χ1v) is 7.25. The molecule has 2 rings (SSSR count). The van der Waals surface area contributed by atoms with Crippen molar-refractivity contribution in [3.05, 3.63) is 39.8 Å². The van der Waals surface area contributed by atoms with Gasteiger partial charge >= 0.3 is 0 Å². The lowest BCUT2D eigenvalue weighted by Crippen LogP contribution is -2.36. The Bertz CT molecular complexity index is 556. The summed E-state index contributed by atoms with van der Waals surface area (Å²) in [4.78, 5) is 25.8. The Balaban J connectivity index is 2.28. The van der Waals surface area contributed by atoms with Crippen LogP contribution in [0.2, 0.25) is 5.02 Å². The molecule has 1 saturated heterocycles. The summed E-state index contributed by atoms with van der Waals surface area (Å²) in [6.45, 7) is 3.83. The van der Waals surface area contributed by atoms with E-state index in [1.165, 1.54) is 4.90 Å². The van der Waals surface area contributed by atoms with E-state index in [1.807, 2.05) is 26.0 Å². The third kappa shape index (κ3) is 3.01. The maximum Gasteiger partial charge on any atom is 0.293 e. The summed E-state index contributed by atoms with van der Waals surface area (Å²) >= 11 is 6.88. The highest BCUT2D eigenvalue weighted by Crippen LogP contribution is 2.34. The molecule has 2 amide bonds. The Morgan fingerprint density at radius 1 is 1.42 bits per heavy atom. The summed E-state index contributed by atoms with van der Waals surface area (Å²) in [6.07, 6.45) is 2.46. The molecule has 0 spiro atoms. The first-order chi connectivity index (χ1) is 9.02. The van der Waals surface area contributed by atoms with Gasteiger partial charge in [0, 0.05) is 11.1 Å². The zero-order chi connectivity index (χ0) is 14.0. The molecule has 0 bridgehead atoms. The molecule has 5 heteroatoms. The third-order valence-electron chi connectivity index (χ3n) is 3.00. The van der Waals surface area contributed by atoms with Crippen LogP contribution in [0, 0.1) is 0 Å². The van der Waals surface area contributed by atoms with Crippen molar-refractivity contribution in [2.24, 2.45) is 0 Å². The van der Waals surface area contributed by atoms with E-state index in [9.17, 15) is 9.59 Å². The van der Waals surface area contributed by atoms with Crippen LogP contribution < -0.4 is 0 Å². The SMILES string of the molecule is CC[C@H](C)N1C(=O)S/C(=C\c2cccc(Cl)c2)C1=O. The molecule has 3 nitrogen and oxygen atoms in total. The van der Waals surface area contributed by atoms with E-state index < -0.39 is 0 Å². The van der Waals surface area contributed by atoms with Gasteiger partial charge in [-0.1, -0.05) is 30.7 Å². The summed E-state index contributed by atoms with van der Waals surface area (Å²) in [5.41, 5.74) is 0.821. The summed E-state index contributed by atoms with van der Waals surface area (Å²) in [5.74, 6) is -0.218. The van der Waals surface area contributed by atoms with E-state index in [-0.39, 0.29) is 17.2 Å². The highest BCUT2D eigenvalue weighted by atomic mass is 35.5. The van der Waals surface area contributed by atoms with Crippen LogP contribution in [-0.4, -0.2) is 22.1 Å². The van der Waals surface area contributed by atoms with Crippen LogP contribution in [0.1, 0.15) is 25.8 Å². The van der Waals surface area contributed by atoms with Crippen LogP contribution >= 0.6 is 23.4 Å². The van der Waals surface area contributed by atoms with E-state index in [0.29, 0.717) is 9.93 Å². The number of hydrogen-bond donors (Lipinski definition) is 0. The van der Waals surface area contributed by atoms with Gasteiger partial charge in [0.2, 0.25) is 0 Å². The molecule has 0 unspecified atom stereocenters. The van der Waals surface area contributed by atoms with Crippen molar-refractivity contribution in [2.75, 3.05) is 0 Å². The number of imide groups is 1. The van der Waals surface area contributed by atoms with Crippen LogP contribution in [0.5, 0.6) is 0 Å². The minimum absolute atomic E-state index is 0.0715. The van der Waals surface area contributed by atoms with Crippen LogP contribution in [0.4, 0.5) is 4.79 Å². The number of hydrogen-bond acceptors (Lipinski definition) is 3. The highest BCUT2D eigenvalue weighted by molar-refractivity contribution is 8.18. The monoisotopic (exact) mass is 295 g/mol. The second-order valence-corrected chi connectivity index (χ2v) is 5.79. The maximum atomic E-state index is 12.2. The fourth-order valence-electron chi connectivity index (χ4n) is 1.79. The molecule has 100 valence electrons. The van der Waals surface area contributed by atoms with Gasteiger partial charge in [-0.2, -0.15) is 0 Å². The molecule has 1 fully saturated rings. The lowest BCUT2D eigenvalue weighted by Gasteiger charge is -2.19. The predicted molar refractivity (Wildman–Crippen MR) is 79.0 cm³/mol. The van der Waals surface area contributed by atoms with Gasteiger partial charge in [-0.15, -0.1) is 0 Å². The van der Waals surface area contributed by atoms with Gasteiger partial charge in [-0.25, -0.2) is 0 Å². The molecular formula is C14H14ClNO2S. The Kier molecular flexibility index (Phi) is 4.32. The average molecular weight is 296 g/mol. The maximum absolute atomic E-state index is 12.2. The Morgan fingerprint density at radius 3 is 2.79 bits per heavy atom. The summed E-state index contributed by atoms with van der Waals surface area (Å²) in [7, 11) is 0. The number of benzene rings is 1. The first-order valence-electron chi connectivity index (χ1n) is 6.05. The molecule has 1 aliphatic heterocycles. The standard InChI is InChI=1S/C14H14ClNO2S/c1-3-9(2)16-13(17)12(19-14(16)18)8-10-5-4-6-11(15)7-10/h4-9H,3H2,1-2H3/b12-8-/t9-/m0/s1. The second kappa shape index (κ2) is 5.80. The van der Waals surface area contributed by atoms with Crippen LogP contribution in [0.25, 0.3) is 6.08 Å². The van der Waals surface area contributed by atoms with E-state index in [2.05, 4.69) is 0 Å². The molecule has 0 N–H and O–H groups in total. The number of carbonyl (C=O) groups is 2. The van der Waals surface area contributed by atoms with Gasteiger partial charge in [-0.05, 0) is 48.9 Å². The molecule has 1 aromatic rings. The Labute approximate surface area is 121 Å². The predicted octanol–water partition coefficient (Wildman–Crippen LogP) is 4.17. The molecule has 1 aromatic carbocycles. The number of thioether (sulfide) groups is 1. The van der Waals surface area contributed by atoms with Crippen molar-refractivity contribution < 1.29 is 9.59 Å². The van der Waals surface area contributed by atoms with Crippen LogP contribution in [-0.2, 0) is 4.79 Å².